The lowest BCUT2D eigenvalue weighted by atomic mass is 9.95. The molecule has 0 aromatic carbocycles. The Kier molecular flexibility index (Phi) is 10.4. The molecule has 0 saturated heterocycles. The number of unbranched alkanes of at least 4 members (excludes halogenated alkanes) is 6. The molecule has 0 fully saturated rings. The standard InChI is InChI=1S/C17H32O2/c1-6-9-10-11-12-13-14-15-16(18-7-2)17(4,5)19-8-3/h7-8,16H,2-3,6,9-15H2,1,4-5H3. The average Bonchev–Trinajstić information content (AvgIpc) is 2.36. The van der Waals surface area contributed by atoms with Gasteiger partial charge in [-0.2, -0.15) is 0 Å². The Labute approximate surface area is 119 Å². The summed E-state index contributed by atoms with van der Waals surface area (Å²) in [5, 5.41) is 0. The van der Waals surface area contributed by atoms with E-state index in [1.165, 1.54) is 57.5 Å². The normalized spacial score (nSPS) is 12.8. The molecule has 0 spiro atoms. The van der Waals surface area contributed by atoms with E-state index >= 15 is 0 Å². The highest BCUT2D eigenvalue weighted by molar-refractivity contribution is 4.84. The second kappa shape index (κ2) is 11.0. The van der Waals surface area contributed by atoms with E-state index in [2.05, 4.69) is 20.1 Å². The van der Waals surface area contributed by atoms with Gasteiger partial charge in [0.15, 0.2) is 0 Å². The summed E-state index contributed by atoms with van der Waals surface area (Å²) in [5.41, 5.74) is -0.349. The largest absolute Gasteiger partial charge is 0.495 e. The fraction of sp³-hybridized carbons (Fsp3) is 0.765. The van der Waals surface area contributed by atoms with E-state index in [0.717, 1.165) is 6.42 Å². The van der Waals surface area contributed by atoms with Gasteiger partial charge < -0.3 is 9.47 Å². The Morgan fingerprint density at radius 2 is 1.53 bits per heavy atom. The molecule has 0 N–H and O–H groups in total. The van der Waals surface area contributed by atoms with E-state index in [4.69, 9.17) is 9.47 Å². The van der Waals surface area contributed by atoms with Crippen LogP contribution in [0.15, 0.2) is 25.7 Å². The maximum atomic E-state index is 5.60. The van der Waals surface area contributed by atoms with E-state index in [-0.39, 0.29) is 11.7 Å². The van der Waals surface area contributed by atoms with Crippen LogP contribution in [0.25, 0.3) is 0 Å². The molecule has 0 bridgehead atoms. The van der Waals surface area contributed by atoms with Gasteiger partial charge >= 0.3 is 0 Å². The zero-order valence-corrected chi connectivity index (χ0v) is 13.1. The summed E-state index contributed by atoms with van der Waals surface area (Å²) in [7, 11) is 0. The molecule has 112 valence electrons. The van der Waals surface area contributed by atoms with E-state index in [0.29, 0.717) is 0 Å². The summed E-state index contributed by atoms with van der Waals surface area (Å²) in [6.07, 6.45) is 13.2. The quantitative estimate of drug-likeness (QED) is 0.320. The van der Waals surface area contributed by atoms with Gasteiger partial charge in [-0.3, -0.25) is 0 Å². The van der Waals surface area contributed by atoms with Gasteiger partial charge in [0, 0.05) is 0 Å². The number of hydrogen-bond donors (Lipinski definition) is 0. The van der Waals surface area contributed by atoms with Gasteiger partial charge in [0.05, 0.1) is 12.5 Å². The molecule has 2 nitrogen and oxygen atoms in total. The van der Waals surface area contributed by atoms with Gasteiger partial charge in [-0.25, -0.2) is 0 Å². The predicted octanol–water partition coefficient (Wildman–Crippen LogP) is 5.59. The molecule has 0 aromatic heterocycles. The van der Waals surface area contributed by atoms with Gasteiger partial charge in [0.2, 0.25) is 0 Å². The fourth-order valence-corrected chi connectivity index (χ4v) is 2.27. The topological polar surface area (TPSA) is 18.5 Å². The van der Waals surface area contributed by atoms with Crippen LogP contribution in [-0.4, -0.2) is 11.7 Å². The molecule has 19 heavy (non-hydrogen) atoms. The van der Waals surface area contributed by atoms with E-state index in [1.54, 1.807) is 0 Å². The first-order chi connectivity index (χ1) is 9.08. The monoisotopic (exact) mass is 268 g/mol. The Morgan fingerprint density at radius 3 is 2.05 bits per heavy atom. The van der Waals surface area contributed by atoms with E-state index in [1.807, 2.05) is 13.8 Å². The van der Waals surface area contributed by atoms with Crippen molar-refractivity contribution in [3.63, 3.8) is 0 Å². The molecule has 0 radical (unpaired) electrons. The minimum atomic E-state index is -0.349. The number of ether oxygens (including phenoxy) is 2. The lowest BCUT2D eigenvalue weighted by molar-refractivity contribution is -0.0668. The molecule has 1 unspecified atom stereocenters. The third-order valence-electron chi connectivity index (χ3n) is 3.49. The fourth-order valence-electron chi connectivity index (χ4n) is 2.27. The second-order valence-electron chi connectivity index (χ2n) is 5.59. The third kappa shape index (κ3) is 8.74. The molecule has 0 aliphatic carbocycles. The third-order valence-corrected chi connectivity index (χ3v) is 3.49. The van der Waals surface area contributed by atoms with Crippen molar-refractivity contribution in [2.45, 2.75) is 83.8 Å². The van der Waals surface area contributed by atoms with Crippen molar-refractivity contribution in [1.29, 1.82) is 0 Å². The van der Waals surface area contributed by atoms with Crippen molar-refractivity contribution in [3.05, 3.63) is 25.7 Å². The zero-order chi connectivity index (χ0) is 14.6. The summed E-state index contributed by atoms with van der Waals surface area (Å²) in [4.78, 5) is 0. The molecular weight excluding hydrogens is 236 g/mol. The van der Waals surface area contributed by atoms with Crippen molar-refractivity contribution in [3.8, 4) is 0 Å². The molecule has 0 aliphatic heterocycles. The SMILES string of the molecule is C=COC(CCCCCCCCC)C(C)(C)OC=C. The van der Waals surface area contributed by atoms with Crippen LogP contribution in [0.1, 0.15) is 72.1 Å². The predicted molar refractivity (Wildman–Crippen MR) is 83.0 cm³/mol. The Bertz CT molecular complexity index is 233. The van der Waals surface area contributed by atoms with Crippen molar-refractivity contribution in [2.24, 2.45) is 0 Å². The lowest BCUT2D eigenvalue weighted by Crippen LogP contribution is -2.38. The van der Waals surface area contributed by atoms with Gasteiger partial charge in [0.25, 0.3) is 0 Å². The minimum Gasteiger partial charge on any atom is -0.495 e. The first kappa shape index (κ1) is 18.1. The maximum absolute atomic E-state index is 5.60. The lowest BCUT2D eigenvalue weighted by Gasteiger charge is -2.32. The second-order valence-corrected chi connectivity index (χ2v) is 5.59. The molecule has 2 heteroatoms. The highest BCUT2D eigenvalue weighted by Crippen LogP contribution is 2.24. The van der Waals surface area contributed by atoms with Gasteiger partial charge in [-0.15, -0.1) is 0 Å². The Balaban J connectivity index is 3.88. The minimum absolute atomic E-state index is 0.0404. The van der Waals surface area contributed by atoms with E-state index < -0.39 is 0 Å². The van der Waals surface area contributed by atoms with Gasteiger partial charge in [-0.1, -0.05) is 58.6 Å². The number of rotatable bonds is 13. The van der Waals surface area contributed by atoms with Crippen LogP contribution >= 0.6 is 0 Å². The first-order valence-electron chi connectivity index (χ1n) is 7.63. The summed E-state index contributed by atoms with van der Waals surface area (Å²) in [6, 6.07) is 0. The Morgan fingerprint density at radius 1 is 0.947 bits per heavy atom. The van der Waals surface area contributed by atoms with Crippen molar-refractivity contribution < 1.29 is 9.47 Å². The van der Waals surface area contributed by atoms with Crippen molar-refractivity contribution >= 4 is 0 Å². The average molecular weight is 268 g/mol. The maximum Gasteiger partial charge on any atom is 0.139 e. The molecule has 0 heterocycles. The summed E-state index contributed by atoms with van der Waals surface area (Å²) in [5.74, 6) is 0. The van der Waals surface area contributed by atoms with Gasteiger partial charge in [-0.05, 0) is 26.7 Å². The van der Waals surface area contributed by atoms with Crippen LogP contribution in [0.3, 0.4) is 0 Å². The summed E-state index contributed by atoms with van der Waals surface area (Å²) in [6.45, 7) is 13.6. The first-order valence-corrected chi connectivity index (χ1v) is 7.63. The van der Waals surface area contributed by atoms with Crippen LogP contribution in [0.5, 0.6) is 0 Å². The van der Waals surface area contributed by atoms with Crippen molar-refractivity contribution in [1.82, 2.24) is 0 Å². The molecule has 0 amide bonds. The van der Waals surface area contributed by atoms with Gasteiger partial charge in [0.1, 0.15) is 11.7 Å². The summed E-state index contributed by atoms with van der Waals surface area (Å²) < 4.78 is 11.1. The molecule has 0 saturated carbocycles. The molecule has 0 aromatic rings. The van der Waals surface area contributed by atoms with E-state index in [9.17, 15) is 0 Å². The van der Waals surface area contributed by atoms with Crippen LogP contribution in [-0.2, 0) is 9.47 Å². The smallest absolute Gasteiger partial charge is 0.139 e. The van der Waals surface area contributed by atoms with Crippen LogP contribution < -0.4 is 0 Å². The van der Waals surface area contributed by atoms with Crippen LogP contribution in [0.4, 0.5) is 0 Å². The number of hydrogen-bond acceptors (Lipinski definition) is 2. The molecule has 1 atom stereocenters. The zero-order valence-electron chi connectivity index (χ0n) is 13.1. The Hall–Kier alpha value is -0.920. The van der Waals surface area contributed by atoms with Crippen LogP contribution in [0.2, 0.25) is 0 Å². The summed E-state index contributed by atoms with van der Waals surface area (Å²) >= 11 is 0. The highest BCUT2D eigenvalue weighted by Gasteiger charge is 2.31. The van der Waals surface area contributed by atoms with Crippen LogP contribution in [0, 0.1) is 0 Å². The molecule has 0 aliphatic rings. The van der Waals surface area contributed by atoms with Crippen molar-refractivity contribution in [2.75, 3.05) is 0 Å². The highest BCUT2D eigenvalue weighted by atomic mass is 16.5. The molecular formula is C17H32O2. The molecule has 0 rings (SSSR count).